The highest BCUT2D eigenvalue weighted by atomic mass is 16.5. The van der Waals surface area contributed by atoms with Crippen molar-refractivity contribution < 1.29 is 14.0 Å². The van der Waals surface area contributed by atoms with Crippen LogP contribution >= 0.6 is 0 Å². The zero-order valence-corrected chi connectivity index (χ0v) is 12.6. The van der Waals surface area contributed by atoms with Gasteiger partial charge in [-0.3, -0.25) is 4.79 Å². The third kappa shape index (κ3) is 3.05. The third-order valence-corrected chi connectivity index (χ3v) is 3.19. The summed E-state index contributed by atoms with van der Waals surface area (Å²) in [6.07, 6.45) is 1.52. The molecule has 0 saturated carbocycles. The van der Waals surface area contributed by atoms with E-state index >= 15 is 0 Å². The van der Waals surface area contributed by atoms with Gasteiger partial charge in [-0.1, -0.05) is 5.16 Å². The summed E-state index contributed by atoms with van der Waals surface area (Å²) < 4.78 is 16.9. The highest BCUT2D eigenvalue weighted by Crippen LogP contribution is 2.31. The predicted octanol–water partition coefficient (Wildman–Crippen LogP) is 1.36. The summed E-state index contributed by atoms with van der Waals surface area (Å²) in [7, 11) is 3.12. The Morgan fingerprint density at radius 3 is 2.83 bits per heavy atom. The first-order valence-corrected chi connectivity index (χ1v) is 6.78. The molecule has 0 amide bonds. The van der Waals surface area contributed by atoms with Crippen molar-refractivity contribution >= 4 is 0 Å². The summed E-state index contributed by atoms with van der Waals surface area (Å²) in [6, 6.07) is 8.27. The summed E-state index contributed by atoms with van der Waals surface area (Å²) >= 11 is 0. The molecule has 0 bridgehead atoms. The minimum atomic E-state index is -0.241. The lowest BCUT2D eigenvalue weighted by atomic mass is 10.2. The largest absolute Gasteiger partial charge is 0.497 e. The number of hydrogen-bond acceptors (Lipinski definition) is 7. The van der Waals surface area contributed by atoms with Crippen molar-refractivity contribution in [1.82, 2.24) is 19.9 Å². The van der Waals surface area contributed by atoms with Gasteiger partial charge in [-0.05, 0) is 18.2 Å². The van der Waals surface area contributed by atoms with Crippen LogP contribution in [0.5, 0.6) is 11.5 Å². The van der Waals surface area contributed by atoms with Gasteiger partial charge in [0.25, 0.3) is 5.56 Å². The number of benzene rings is 1. The zero-order valence-electron chi connectivity index (χ0n) is 12.6. The van der Waals surface area contributed by atoms with Crippen LogP contribution in [0.25, 0.3) is 11.4 Å². The summed E-state index contributed by atoms with van der Waals surface area (Å²) in [5, 5.41) is 7.87. The number of aromatic nitrogens is 4. The molecule has 118 valence electrons. The van der Waals surface area contributed by atoms with Gasteiger partial charge in [0.1, 0.15) is 18.0 Å². The fourth-order valence-corrected chi connectivity index (χ4v) is 2.05. The van der Waals surface area contributed by atoms with Gasteiger partial charge in [0, 0.05) is 18.3 Å². The van der Waals surface area contributed by atoms with E-state index in [9.17, 15) is 4.79 Å². The highest BCUT2D eigenvalue weighted by Gasteiger charge is 2.15. The Kier molecular flexibility index (Phi) is 4.05. The average Bonchev–Trinajstić information content (AvgIpc) is 3.04. The monoisotopic (exact) mass is 314 g/mol. The fourth-order valence-electron chi connectivity index (χ4n) is 2.05. The summed E-state index contributed by atoms with van der Waals surface area (Å²) in [5.74, 6) is 1.86. The van der Waals surface area contributed by atoms with Crippen molar-refractivity contribution in [1.29, 1.82) is 0 Å². The van der Waals surface area contributed by atoms with E-state index < -0.39 is 0 Å². The molecule has 0 radical (unpaired) electrons. The van der Waals surface area contributed by atoms with Crippen LogP contribution < -0.4 is 15.0 Å². The fraction of sp³-hybridized carbons (Fsp3) is 0.200. The molecule has 0 saturated heterocycles. The Morgan fingerprint density at radius 1 is 1.22 bits per heavy atom. The molecule has 0 atom stereocenters. The SMILES string of the molecule is COc1ccc(-c2noc(Cn3ncccc3=O)n2)c(OC)c1. The Bertz CT molecular complexity index is 872. The first-order chi connectivity index (χ1) is 11.2. The van der Waals surface area contributed by atoms with Crippen molar-refractivity contribution in [2.24, 2.45) is 0 Å². The number of ether oxygens (including phenoxy) is 2. The predicted molar refractivity (Wildman–Crippen MR) is 80.4 cm³/mol. The molecule has 0 aliphatic rings. The molecular weight excluding hydrogens is 300 g/mol. The lowest BCUT2D eigenvalue weighted by molar-refractivity contribution is 0.362. The summed E-state index contributed by atoms with van der Waals surface area (Å²) in [6.45, 7) is 0.102. The number of methoxy groups -OCH3 is 2. The Morgan fingerprint density at radius 2 is 2.09 bits per heavy atom. The molecule has 0 aliphatic heterocycles. The second kappa shape index (κ2) is 6.30. The molecule has 3 rings (SSSR count). The number of rotatable bonds is 5. The van der Waals surface area contributed by atoms with Crippen LogP contribution in [-0.2, 0) is 6.54 Å². The molecule has 2 heterocycles. The van der Waals surface area contributed by atoms with Crippen LogP contribution in [0.15, 0.2) is 45.8 Å². The van der Waals surface area contributed by atoms with Crippen LogP contribution in [0.3, 0.4) is 0 Å². The van der Waals surface area contributed by atoms with E-state index in [0.29, 0.717) is 22.9 Å². The lowest BCUT2D eigenvalue weighted by Gasteiger charge is -2.07. The van der Waals surface area contributed by atoms with Gasteiger partial charge in [0.05, 0.1) is 19.8 Å². The topological polar surface area (TPSA) is 92.3 Å². The molecule has 0 aliphatic carbocycles. The Balaban J connectivity index is 1.90. The van der Waals surface area contributed by atoms with Gasteiger partial charge < -0.3 is 14.0 Å². The molecule has 8 heteroatoms. The molecule has 2 aromatic heterocycles. The molecule has 8 nitrogen and oxygen atoms in total. The molecule has 0 spiro atoms. The summed E-state index contributed by atoms with van der Waals surface area (Å²) in [4.78, 5) is 15.9. The Hall–Kier alpha value is -3.16. The third-order valence-electron chi connectivity index (χ3n) is 3.19. The van der Waals surface area contributed by atoms with Gasteiger partial charge in [-0.2, -0.15) is 10.1 Å². The van der Waals surface area contributed by atoms with Gasteiger partial charge in [-0.15, -0.1) is 0 Å². The molecule has 0 N–H and O–H groups in total. The van der Waals surface area contributed by atoms with Gasteiger partial charge in [0.2, 0.25) is 11.7 Å². The summed E-state index contributed by atoms with van der Waals surface area (Å²) in [5.41, 5.74) is 0.422. The van der Waals surface area contributed by atoms with Crippen molar-refractivity contribution in [2.45, 2.75) is 6.54 Å². The Labute approximate surface area is 131 Å². The molecule has 0 unspecified atom stereocenters. The standard InChI is InChI=1S/C15H14N4O4/c1-21-10-5-6-11(12(8-10)22-2)15-17-13(23-18-15)9-19-14(20)4-3-7-16-19/h3-8H,9H2,1-2H3. The van der Waals surface area contributed by atoms with Crippen molar-refractivity contribution in [3.63, 3.8) is 0 Å². The molecule has 1 aromatic carbocycles. The normalized spacial score (nSPS) is 10.5. The van der Waals surface area contributed by atoms with Crippen LogP contribution in [0.1, 0.15) is 5.89 Å². The van der Waals surface area contributed by atoms with Crippen LogP contribution in [0.4, 0.5) is 0 Å². The van der Waals surface area contributed by atoms with Gasteiger partial charge >= 0.3 is 0 Å². The number of nitrogens with zero attached hydrogens (tertiary/aromatic N) is 4. The molecular formula is C15H14N4O4. The smallest absolute Gasteiger partial charge is 0.267 e. The molecule has 23 heavy (non-hydrogen) atoms. The van der Waals surface area contributed by atoms with Crippen LogP contribution in [-0.4, -0.2) is 34.1 Å². The van der Waals surface area contributed by atoms with Crippen LogP contribution in [0.2, 0.25) is 0 Å². The second-order valence-electron chi connectivity index (χ2n) is 4.60. The first kappa shape index (κ1) is 14.8. The molecule has 3 aromatic rings. The minimum Gasteiger partial charge on any atom is -0.497 e. The molecule has 0 fully saturated rings. The van der Waals surface area contributed by atoms with Crippen molar-refractivity contribution in [2.75, 3.05) is 14.2 Å². The van der Waals surface area contributed by atoms with E-state index in [4.69, 9.17) is 14.0 Å². The average molecular weight is 314 g/mol. The van der Waals surface area contributed by atoms with E-state index in [1.54, 1.807) is 38.5 Å². The van der Waals surface area contributed by atoms with E-state index in [2.05, 4.69) is 15.2 Å². The van der Waals surface area contributed by atoms with Crippen molar-refractivity contribution in [3.05, 3.63) is 52.8 Å². The van der Waals surface area contributed by atoms with E-state index in [-0.39, 0.29) is 18.0 Å². The second-order valence-corrected chi connectivity index (χ2v) is 4.60. The van der Waals surface area contributed by atoms with E-state index in [0.717, 1.165) is 0 Å². The highest BCUT2D eigenvalue weighted by molar-refractivity contribution is 5.65. The maximum Gasteiger partial charge on any atom is 0.267 e. The van der Waals surface area contributed by atoms with Crippen LogP contribution in [0, 0.1) is 0 Å². The van der Waals surface area contributed by atoms with E-state index in [1.165, 1.54) is 16.9 Å². The van der Waals surface area contributed by atoms with E-state index in [1.807, 2.05) is 0 Å². The number of hydrogen-bond donors (Lipinski definition) is 0. The quantitative estimate of drug-likeness (QED) is 0.702. The van der Waals surface area contributed by atoms with Gasteiger partial charge in [-0.25, -0.2) is 4.68 Å². The maximum absolute atomic E-state index is 11.6. The lowest BCUT2D eigenvalue weighted by Crippen LogP contribution is -2.21. The van der Waals surface area contributed by atoms with Crippen molar-refractivity contribution in [3.8, 4) is 22.9 Å². The first-order valence-electron chi connectivity index (χ1n) is 6.78. The zero-order chi connectivity index (χ0) is 16.2. The minimum absolute atomic E-state index is 0.102. The van der Waals surface area contributed by atoms with Gasteiger partial charge in [0.15, 0.2) is 0 Å². The maximum atomic E-state index is 11.6.